The minimum atomic E-state index is -0.155. The molecule has 4 heteroatoms. The summed E-state index contributed by atoms with van der Waals surface area (Å²) in [6, 6.07) is 20.5. The highest BCUT2D eigenvalue weighted by Crippen LogP contribution is 2.16. The molecule has 0 aliphatic rings. The number of hydrogen-bond acceptors (Lipinski definition) is 2. The Balaban J connectivity index is 1.91. The van der Waals surface area contributed by atoms with E-state index in [1.54, 1.807) is 0 Å². The van der Waals surface area contributed by atoms with Crippen LogP contribution in [0.5, 0.6) is 0 Å². The molecule has 0 saturated carbocycles. The average molecular weight is 310 g/mol. The van der Waals surface area contributed by atoms with E-state index in [4.69, 9.17) is 5.73 Å². The molecule has 0 fully saturated rings. The molecule has 1 unspecified atom stereocenters. The van der Waals surface area contributed by atoms with Crippen LogP contribution >= 0.6 is 0 Å². The summed E-state index contributed by atoms with van der Waals surface area (Å²) >= 11 is 0. The summed E-state index contributed by atoms with van der Waals surface area (Å²) in [6.07, 6.45) is 0. The number of para-hydroxylation sites is 1. The van der Waals surface area contributed by atoms with Crippen molar-refractivity contribution >= 4 is 11.6 Å². The fraction of sp³-hybridized carbons (Fsp3) is 0.316. The zero-order chi connectivity index (χ0) is 16.7. The van der Waals surface area contributed by atoms with Crippen LogP contribution < -0.4 is 16.4 Å². The van der Waals surface area contributed by atoms with Crippen LogP contribution in [0.2, 0.25) is 0 Å². The summed E-state index contributed by atoms with van der Waals surface area (Å²) in [6.45, 7) is 7.01. The van der Waals surface area contributed by atoms with Crippen LogP contribution in [0.15, 0.2) is 65.7 Å². The number of aliphatic imine (C=N–C) groups is 1. The minimum absolute atomic E-state index is 0.155. The van der Waals surface area contributed by atoms with Gasteiger partial charge >= 0.3 is 0 Å². The van der Waals surface area contributed by atoms with Crippen LogP contribution in [-0.4, -0.2) is 18.0 Å². The van der Waals surface area contributed by atoms with Crippen LogP contribution in [-0.2, 0) is 0 Å². The third-order valence-electron chi connectivity index (χ3n) is 3.60. The summed E-state index contributed by atoms with van der Waals surface area (Å²) in [5, 5.41) is 6.70. The van der Waals surface area contributed by atoms with Gasteiger partial charge in [0.25, 0.3) is 0 Å². The maximum Gasteiger partial charge on any atom is 0.193 e. The maximum atomic E-state index is 5.97. The lowest BCUT2D eigenvalue weighted by Crippen LogP contribution is -2.44. The van der Waals surface area contributed by atoms with E-state index in [9.17, 15) is 0 Å². The standard InChI is InChI=1S/C19H26N4/c1-15(16-10-6-4-7-11-16)23-19(2,3)14-21-18(20)22-17-12-8-5-9-13-17/h4-13,15,23H,14H2,1-3H3,(H3,20,21,22). The highest BCUT2D eigenvalue weighted by molar-refractivity contribution is 5.92. The highest BCUT2D eigenvalue weighted by atomic mass is 15.1. The van der Waals surface area contributed by atoms with E-state index in [1.807, 2.05) is 36.4 Å². The Labute approximate surface area is 138 Å². The van der Waals surface area contributed by atoms with Crippen molar-refractivity contribution in [1.82, 2.24) is 5.32 Å². The van der Waals surface area contributed by atoms with Gasteiger partial charge in [-0.25, -0.2) is 0 Å². The molecule has 1 atom stereocenters. The van der Waals surface area contributed by atoms with E-state index < -0.39 is 0 Å². The smallest absolute Gasteiger partial charge is 0.193 e. The lowest BCUT2D eigenvalue weighted by atomic mass is 10.0. The van der Waals surface area contributed by atoms with Gasteiger partial charge in [0.1, 0.15) is 0 Å². The Morgan fingerprint density at radius 1 is 1.04 bits per heavy atom. The molecule has 0 aliphatic heterocycles. The topological polar surface area (TPSA) is 62.4 Å². The van der Waals surface area contributed by atoms with E-state index in [0.717, 1.165) is 5.69 Å². The Kier molecular flexibility index (Phi) is 5.77. The molecule has 122 valence electrons. The normalized spacial score (nSPS) is 13.6. The summed E-state index contributed by atoms with van der Waals surface area (Å²) in [7, 11) is 0. The van der Waals surface area contributed by atoms with E-state index in [2.05, 4.69) is 60.7 Å². The van der Waals surface area contributed by atoms with Crippen molar-refractivity contribution in [2.75, 3.05) is 11.9 Å². The average Bonchev–Trinajstić information content (AvgIpc) is 2.54. The predicted octanol–water partition coefficient (Wildman–Crippen LogP) is 3.54. The van der Waals surface area contributed by atoms with Crippen LogP contribution in [0.3, 0.4) is 0 Å². The number of nitrogens with two attached hydrogens (primary N) is 1. The molecule has 2 rings (SSSR count). The number of anilines is 1. The van der Waals surface area contributed by atoms with Crippen molar-refractivity contribution in [3.8, 4) is 0 Å². The van der Waals surface area contributed by atoms with Gasteiger partial charge in [0.05, 0.1) is 6.54 Å². The summed E-state index contributed by atoms with van der Waals surface area (Å²) in [5.74, 6) is 0.429. The number of hydrogen-bond donors (Lipinski definition) is 3. The quantitative estimate of drug-likeness (QED) is 0.565. The Hall–Kier alpha value is -2.33. The molecule has 0 bridgehead atoms. The minimum Gasteiger partial charge on any atom is -0.370 e. The Bertz CT molecular complexity index is 620. The van der Waals surface area contributed by atoms with Gasteiger partial charge in [-0.1, -0.05) is 48.5 Å². The zero-order valence-electron chi connectivity index (χ0n) is 14.1. The molecule has 0 saturated heterocycles. The van der Waals surface area contributed by atoms with Crippen LogP contribution in [0.4, 0.5) is 5.69 Å². The summed E-state index contributed by atoms with van der Waals surface area (Å²) in [5.41, 5.74) is 8.02. The summed E-state index contributed by atoms with van der Waals surface area (Å²) in [4.78, 5) is 4.46. The number of rotatable bonds is 6. The van der Waals surface area contributed by atoms with Gasteiger partial charge in [0.15, 0.2) is 5.96 Å². The van der Waals surface area contributed by atoms with Crippen LogP contribution in [0.1, 0.15) is 32.4 Å². The van der Waals surface area contributed by atoms with Crippen molar-refractivity contribution in [2.45, 2.75) is 32.4 Å². The van der Waals surface area contributed by atoms with Crippen LogP contribution in [0.25, 0.3) is 0 Å². The second-order valence-electron chi connectivity index (χ2n) is 6.35. The number of guanidine groups is 1. The van der Waals surface area contributed by atoms with E-state index >= 15 is 0 Å². The first-order valence-corrected chi connectivity index (χ1v) is 7.91. The van der Waals surface area contributed by atoms with Gasteiger partial charge in [0, 0.05) is 17.3 Å². The molecular formula is C19H26N4. The molecule has 2 aromatic rings. The van der Waals surface area contributed by atoms with Gasteiger partial charge in [-0.2, -0.15) is 0 Å². The molecule has 0 aromatic heterocycles. The van der Waals surface area contributed by atoms with Crippen molar-refractivity contribution < 1.29 is 0 Å². The SMILES string of the molecule is CC(NC(C)(C)CN=C(N)Nc1ccccc1)c1ccccc1. The fourth-order valence-corrected chi connectivity index (χ4v) is 2.45. The molecule has 0 amide bonds. The van der Waals surface area contributed by atoms with Crippen molar-refractivity contribution in [3.05, 3.63) is 66.2 Å². The Morgan fingerprint density at radius 3 is 2.22 bits per heavy atom. The third-order valence-corrected chi connectivity index (χ3v) is 3.60. The molecule has 23 heavy (non-hydrogen) atoms. The van der Waals surface area contributed by atoms with Gasteiger partial charge in [-0.3, -0.25) is 4.99 Å². The molecule has 0 radical (unpaired) electrons. The lowest BCUT2D eigenvalue weighted by molar-refractivity contribution is 0.357. The molecule has 4 nitrogen and oxygen atoms in total. The maximum absolute atomic E-state index is 5.97. The Morgan fingerprint density at radius 2 is 1.61 bits per heavy atom. The number of nitrogens with one attached hydrogen (secondary N) is 2. The zero-order valence-corrected chi connectivity index (χ0v) is 14.1. The van der Waals surface area contributed by atoms with Crippen molar-refractivity contribution in [1.29, 1.82) is 0 Å². The number of nitrogens with zero attached hydrogens (tertiary/aromatic N) is 1. The largest absolute Gasteiger partial charge is 0.370 e. The number of benzene rings is 2. The molecular weight excluding hydrogens is 284 g/mol. The summed E-state index contributed by atoms with van der Waals surface area (Å²) < 4.78 is 0. The molecule has 2 aromatic carbocycles. The van der Waals surface area contributed by atoms with E-state index in [0.29, 0.717) is 12.5 Å². The first kappa shape index (κ1) is 17.0. The predicted molar refractivity (Wildman–Crippen MR) is 98.6 cm³/mol. The van der Waals surface area contributed by atoms with Crippen LogP contribution in [0, 0.1) is 0 Å². The van der Waals surface area contributed by atoms with Gasteiger partial charge in [-0.05, 0) is 38.5 Å². The van der Waals surface area contributed by atoms with Crippen molar-refractivity contribution in [2.24, 2.45) is 10.7 Å². The molecule has 4 N–H and O–H groups in total. The van der Waals surface area contributed by atoms with Crippen molar-refractivity contribution in [3.63, 3.8) is 0 Å². The second-order valence-corrected chi connectivity index (χ2v) is 6.35. The third kappa shape index (κ3) is 5.75. The van der Waals surface area contributed by atoms with Gasteiger partial charge < -0.3 is 16.4 Å². The second kappa shape index (κ2) is 7.79. The van der Waals surface area contributed by atoms with Gasteiger partial charge in [-0.15, -0.1) is 0 Å². The van der Waals surface area contributed by atoms with Gasteiger partial charge in [0.2, 0.25) is 0 Å². The fourth-order valence-electron chi connectivity index (χ4n) is 2.45. The first-order valence-electron chi connectivity index (χ1n) is 7.91. The first-order chi connectivity index (χ1) is 11.0. The van der Waals surface area contributed by atoms with E-state index in [1.165, 1.54) is 5.56 Å². The molecule has 0 heterocycles. The molecule has 0 spiro atoms. The lowest BCUT2D eigenvalue weighted by Gasteiger charge is -2.29. The highest BCUT2D eigenvalue weighted by Gasteiger charge is 2.20. The molecule has 0 aliphatic carbocycles. The van der Waals surface area contributed by atoms with E-state index in [-0.39, 0.29) is 11.6 Å². The monoisotopic (exact) mass is 310 g/mol.